The van der Waals surface area contributed by atoms with Crippen molar-refractivity contribution in [3.63, 3.8) is 0 Å². The molecule has 1 aromatic rings. The first-order chi connectivity index (χ1) is 10.3. The Kier molecular flexibility index (Phi) is 9.29. The fraction of sp³-hybridized carbons (Fsp3) is 0.500. The van der Waals surface area contributed by atoms with Crippen LogP contribution in [-0.4, -0.2) is 30.3 Å². The van der Waals surface area contributed by atoms with Crippen LogP contribution in [0.1, 0.15) is 32.8 Å². The van der Waals surface area contributed by atoms with E-state index in [1.807, 2.05) is 30.3 Å². The Morgan fingerprint density at radius 2 is 1.83 bits per heavy atom. The van der Waals surface area contributed by atoms with Gasteiger partial charge in [0.25, 0.3) is 0 Å². The van der Waals surface area contributed by atoms with Gasteiger partial charge in [0.15, 0.2) is 0 Å². The third kappa shape index (κ3) is 9.76. The molecule has 0 saturated heterocycles. The summed E-state index contributed by atoms with van der Waals surface area (Å²) in [5.41, 5.74) is 6.07. The summed E-state index contributed by atoms with van der Waals surface area (Å²) in [5, 5.41) is 2.55. The molecule has 1 aromatic carbocycles. The van der Waals surface area contributed by atoms with Crippen LogP contribution in [0.25, 0.3) is 0 Å². The van der Waals surface area contributed by atoms with Gasteiger partial charge in [0.1, 0.15) is 18.2 Å². The van der Waals surface area contributed by atoms with Gasteiger partial charge in [0.2, 0.25) is 0 Å². The highest BCUT2D eigenvalue weighted by Crippen LogP contribution is 2.06. The molecule has 0 aliphatic rings. The Bertz CT molecular complexity index is 489. The van der Waals surface area contributed by atoms with Crippen LogP contribution in [0.4, 0.5) is 4.79 Å². The normalized spacial score (nSPS) is 11.8. The van der Waals surface area contributed by atoms with Crippen LogP contribution in [0.3, 0.4) is 0 Å². The predicted molar refractivity (Wildman–Crippen MR) is 90.3 cm³/mol. The third-order valence-corrected chi connectivity index (χ3v) is 2.65. The number of nitrogens with two attached hydrogens (primary N) is 1. The van der Waals surface area contributed by atoms with E-state index >= 15 is 0 Å². The molecular formula is C16H25ClN2O4. The molecule has 130 valence electrons. The molecule has 1 rings (SSSR count). The van der Waals surface area contributed by atoms with E-state index in [-0.39, 0.29) is 32.0 Å². The summed E-state index contributed by atoms with van der Waals surface area (Å²) < 4.78 is 10.2. The molecule has 0 aliphatic heterocycles. The van der Waals surface area contributed by atoms with Crippen molar-refractivity contribution in [3.8, 4) is 0 Å². The number of amides is 1. The molecule has 0 aliphatic carbocycles. The fourth-order valence-electron chi connectivity index (χ4n) is 1.60. The maximum absolute atomic E-state index is 11.7. The largest absolute Gasteiger partial charge is 0.460 e. The maximum Gasteiger partial charge on any atom is 0.407 e. The SMILES string of the molecule is CC(C)(C)OC(=O)NCC[C@@H](N)C(=O)OCc1ccccc1.Cl. The first kappa shape index (κ1) is 21.2. The van der Waals surface area contributed by atoms with Crippen molar-refractivity contribution in [3.05, 3.63) is 35.9 Å². The lowest BCUT2D eigenvalue weighted by atomic mass is 10.2. The molecule has 0 radical (unpaired) electrons. The van der Waals surface area contributed by atoms with Gasteiger partial charge >= 0.3 is 12.1 Å². The van der Waals surface area contributed by atoms with Gasteiger partial charge in [-0.1, -0.05) is 30.3 Å². The Hall–Kier alpha value is -1.79. The zero-order chi connectivity index (χ0) is 16.6. The average molecular weight is 345 g/mol. The molecule has 0 heterocycles. The van der Waals surface area contributed by atoms with Crippen molar-refractivity contribution in [1.29, 1.82) is 0 Å². The zero-order valence-corrected chi connectivity index (χ0v) is 14.5. The van der Waals surface area contributed by atoms with Gasteiger partial charge in [-0.25, -0.2) is 4.79 Å². The van der Waals surface area contributed by atoms with E-state index in [0.717, 1.165) is 5.56 Å². The van der Waals surface area contributed by atoms with Gasteiger partial charge in [-0.05, 0) is 32.8 Å². The van der Waals surface area contributed by atoms with E-state index in [0.29, 0.717) is 0 Å². The number of esters is 1. The van der Waals surface area contributed by atoms with Crippen molar-refractivity contribution in [1.82, 2.24) is 5.32 Å². The quantitative estimate of drug-likeness (QED) is 0.773. The molecule has 0 aromatic heterocycles. The molecule has 23 heavy (non-hydrogen) atoms. The van der Waals surface area contributed by atoms with Crippen LogP contribution in [0.2, 0.25) is 0 Å². The number of halogens is 1. The van der Waals surface area contributed by atoms with E-state index in [1.54, 1.807) is 20.8 Å². The minimum absolute atomic E-state index is 0. The molecule has 0 bridgehead atoms. The van der Waals surface area contributed by atoms with Crippen LogP contribution < -0.4 is 11.1 Å². The Morgan fingerprint density at radius 1 is 1.22 bits per heavy atom. The molecule has 3 N–H and O–H groups in total. The van der Waals surface area contributed by atoms with Crippen LogP contribution in [0.15, 0.2) is 30.3 Å². The summed E-state index contributed by atoms with van der Waals surface area (Å²) in [5.74, 6) is -0.491. The van der Waals surface area contributed by atoms with E-state index in [4.69, 9.17) is 15.2 Å². The summed E-state index contributed by atoms with van der Waals surface area (Å²) in [6, 6.07) is 8.57. The van der Waals surface area contributed by atoms with Crippen molar-refractivity contribution in [2.24, 2.45) is 5.73 Å². The van der Waals surface area contributed by atoms with E-state index < -0.39 is 23.7 Å². The number of nitrogens with one attached hydrogen (secondary N) is 1. The van der Waals surface area contributed by atoms with Crippen LogP contribution in [-0.2, 0) is 20.9 Å². The highest BCUT2D eigenvalue weighted by Gasteiger charge is 2.18. The van der Waals surface area contributed by atoms with Gasteiger partial charge in [0.05, 0.1) is 0 Å². The molecule has 0 saturated carbocycles. The molecule has 0 fully saturated rings. The maximum atomic E-state index is 11.7. The van der Waals surface area contributed by atoms with Crippen LogP contribution >= 0.6 is 12.4 Å². The number of carbonyl (C=O) groups excluding carboxylic acids is 2. The number of carbonyl (C=O) groups is 2. The first-order valence-electron chi connectivity index (χ1n) is 7.21. The molecule has 1 atom stereocenters. The fourth-order valence-corrected chi connectivity index (χ4v) is 1.60. The van der Waals surface area contributed by atoms with Gasteiger partial charge in [-0.2, -0.15) is 0 Å². The first-order valence-corrected chi connectivity index (χ1v) is 7.21. The highest BCUT2D eigenvalue weighted by atomic mass is 35.5. The Balaban J connectivity index is 0.00000484. The second-order valence-corrected chi connectivity index (χ2v) is 5.92. The van der Waals surface area contributed by atoms with Gasteiger partial charge in [0, 0.05) is 6.54 Å². The smallest absolute Gasteiger partial charge is 0.407 e. The Labute approximate surface area is 143 Å². The van der Waals surface area contributed by atoms with E-state index in [9.17, 15) is 9.59 Å². The average Bonchev–Trinajstić information content (AvgIpc) is 2.43. The second kappa shape index (κ2) is 10.1. The standard InChI is InChI=1S/C16H24N2O4.ClH/c1-16(2,3)22-15(20)18-10-9-13(17)14(19)21-11-12-7-5-4-6-8-12;/h4-8,13H,9-11,17H2,1-3H3,(H,18,20);1H/t13-;/m1./s1. The van der Waals surface area contributed by atoms with Crippen molar-refractivity contribution < 1.29 is 19.1 Å². The molecule has 6 nitrogen and oxygen atoms in total. The lowest BCUT2D eigenvalue weighted by molar-refractivity contribution is -0.146. The number of rotatable bonds is 6. The molecular weight excluding hydrogens is 320 g/mol. The third-order valence-electron chi connectivity index (χ3n) is 2.65. The van der Waals surface area contributed by atoms with Gasteiger partial charge in [-0.3, -0.25) is 4.79 Å². The van der Waals surface area contributed by atoms with E-state index in [2.05, 4.69) is 5.32 Å². The van der Waals surface area contributed by atoms with Crippen molar-refractivity contribution in [2.75, 3.05) is 6.54 Å². The summed E-state index contributed by atoms with van der Waals surface area (Å²) in [7, 11) is 0. The van der Waals surface area contributed by atoms with Crippen LogP contribution in [0.5, 0.6) is 0 Å². The molecule has 1 amide bonds. The second-order valence-electron chi connectivity index (χ2n) is 5.92. The Morgan fingerprint density at radius 3 is 2.39 bits per heavy atom. The topological polar surface area (TPSA) is 90.6 Å². The number of benzene rings is 1. The van der Waals surface area contributed by atoms with Gasteiger partial charge in [-0.15, -0.1) is 12.4 Å². The minimum Gasteiger partial charge on any atom is -0.460 e. The lowest BCUT2D eigenvalue weighted by Gasteiger charge is -2.20. The lowest BCUT2D eigenvalue weighted by Crippen LogP contribution is -2.38. The zero-order valence-electron chi connectivity index (χ0n) is 13.7. The number of alkyl carbamates (subject to hydrolysis) is 1. The number of hydrogen-bond acceptors (Lipinski definition) is 5. The van der Waals surface area contributed by atoms with Crippen molar-refractivity contribution in [2.45, 2.75) is 45.4 Å². The minimum atomic E-state index is -0.779. The number of hydrogen-bond donors (Lipinski definition) is 2. The van der Waals surface area contributed by atoms with Crippen molar-refractivity contribution >= 4 is 24.5 Å². The highest BCUT2D eigenvalue weighted by molar-refractivity contribution is 5.85. The summed E-state index contributed by atoms with van der Waals surface area (Å²) in [6.07, 6.45) is -0.246. The monoisotopic (exact) mass is 344 g/mol. The van der Waals surface area contributed by atoms with E-state index in [1.165, 1.54) is 0 Å². The van der Waals surface area contributed by atoms with Gasteiger partial charge < -0.3 is 20.5 Å². The number of ether oxygens (including phenoxy) is 2. The molecule has 0 unspecified atom stereocenters. The summed E-state index contributed by atoms with van der Waals surface area (Å²) in [4.78, 5) is 23.2. The molecule has 0 spiro atoms. The summed E-state index contributed by atoms with van der Waals surface area (Å²) >= 11 is 0. The molecule has 7 heteroatoms. The van der Waals surface area contributed by atoms with Crippen LogP contribution in [0, 0.1) is 0 Å². The summed E-state index contributed by atoms with van der Waals surface area (Å²) in [6.45, 7) is 5.77. The predicted octanol–water partition coefficient (Wildman–Crippen LogP) is 2.39.